The summed E-state index contributed by atoms with van der Waals surface area (Å²) >= 11 is 5.44. The largest absolute Gasteiger partial charge is 0.399 e. The van der Waals surface area contributed by atoms with E-state index in [9.17, 15) is 4.79 Å². The fourth-order valence-electron chi connectivity index (χ4n) is 0.866. The summed E-state index contributed by atoms with van der Waals surface area (Å²) in [5.74, 6) is 0.0346. The molecule has 4 heteroatoms. The smallest absolute Gasteiger partial charge is 0.160 e. The van der Waals surface area contributed by atoms with E-state index < -0.39 is 0 Å². The molecule has 1 rings (SSSR count). The highest BCUT2D eigenvalue weighted by atomic mass is 127. The molecule has 1 aromatic rings. The Labute approximate surface area is 92.8 Å². The van der Waals surface area contributed by atoms with Crippen LogP contribution in [0, 0.1) is 3.57 Å². The number of nitrogens with two attached hydrogens (primary N) is 1. The molecular weight excluding hydrogens is 333 g/mol. The van der Waals surface area contributed by atoms with Gasteiger partial charge in [-0.2, -0.15) is 0 Å². The van der Waals surface area contributed by atoms with Crippen molar-refractivity contribution in [3.05, 3.63) is 25.7 Å². The topological polar surface area (TPSA) is 43.1 Å². The van der Waals surface area contributed by atoms with E-state index in [1.165, 1.54) is 6.92 Å². The van der Waals surface area contributed by atoms with E-state index >= 15 is 0 Å². The Hall–Kier alpha value is -0.100. The van der Waals surface area contributed by atoms with Gasteiger partial charge in [0.15, 0.2) is 5.78 Å². The summed E-state index contributed by atoms with van der Waals surface area (Å²) < 4.78 is 1.78. The first kappa shape index (κ1) is 9.98. The van der Waals surface area contributed by atoms with Crippen LogP contribution >= 0.6 is 38.5 Å². The molecule has 0 unspecified atom stereocenters. The van der Waals surface area contributed by atoms with Crippen LogP contribution in [0.5, 0.6) is 0 Å². The third-order valence-electron chi connectivity index (χ3n) is 1.43. The highest BCUT2D eigenvalue weighted by molar-refractivity contribution is 14.1. The summed E-state index contributed by atoms with van der Waals surface area (Å²) in [4.78, 5) is 11.1. The number of carbonyl (C=O) groups excluding carboxylic acids is 1. The molecule has 0 saturated carbocycles. The van der Waals surface area contributed by atoms with Crippen LogP contribution in [0.3, 0.4) is 0 Å². The molecule has 0 fully saturated rings. The Morgan fingerprint density at radius 3 is 2.67 bits per heavy atom. The minimum atomic E-state index is 0.0346. The minimum absolute atomic E-state index is 0.0346. The number of Topliss-reactive ketones (excluding diaryl/α,β-unsaturated/α-hetero) is 1. The molecule has 0 atom stereocenters. The predicted molar refractivity (Wildman–Crippen MR) is 61.3 cm³/mol. The van der Waals surface area contributed by atoms with Crippen molar-refractivity contribution in [2.75, 3.05) is 5.73 Å². The highest BCUT2D eigenvalue weighted by Gasteiger charge is 2.08. The summed E-state index contributed by atoms with van der Waals surface area (Å²) in [5, 5.41) is 0. The summed E-state index contributed by atoms with van der Waals surface area (Å²) in [6.45, 7) is 1.53. The number of rotatable bonds is 1. The normalized spacial score (nSPS) is 9.92. The van der Waals surface area contributed by atoms with Crippen LogP contribution in [-0.2, 0) is 0 Å². The van der Waals surface area contributed by atoms with Crippen LogP contribution in [0.4, 0.5) is 5.69 Å². The van der Waals surface area contributed by atoms with E-state index in [1.54, 1.807) is 12.1 Å². The van der Waals surface area contributed by atoms with Gasteiger partial charge in [0.1, 0.15) is 0 Å². The van der Waals surface area contributed by atoms with Gasteiger partial charge in [-0.25, -0.2) is 0 Å². The van der Waals surface area contributed by atoms with Crippen molar-refractivity contribution < 1.29 is 4.79 Å². The van der Waals surface area contributed by atoms with Gasteiger partial charge in [-0.1, -0.05) is 0 Å². The molecule has 0 amide bonds. The Bertz CT molecular complexity index is 338. The van der Waals surface area contributed by atoms with Crippen LogP contribution < -0.4 is 5.73 Å². The number of hydrogen-bond donors (Lipinski definition) is 1. The summed E-state index contributed by atoms with van der Waals surface area (Å²) in [6.07, 6.45) is 0. The van der Waals surface area contributed by atoms with E-state index in [2.05, 4.69) is 38.5 Å². The third kappa shape index (κ3) is 1.98. The average molecular weight is 340 g/mol. The summed E-state index contributed by atoms with van der Waals surface area (Å²) in [5.41, 5.74) is 6.85. The lowest BCUT2D eigenvalue weighted by Crippen LogP contribution is -1.99. The average Bonchev–Trinajstić information content (AvgIpc) is 1.96. The second-order valence-electron chi connectivity index (χ2n) is 2.42. The van der Waals surface area contributed by atoms with Gasteiger partial charge in [-0.15, -0.1) is 0 Å². The van der Waals surface area contributed by atoms with E-state index in [1.807, 2.05) is 0 Å². The summed E-state index contributed by atoms with van der Waals surface area (Å²) in [6, 6.07) is 3.48. The second kappa shape index (κ2) is 3.74. The van der Waals surface area contributed by atoms with E-state index in [0.717, 1.165) is 8.04 Å². The van der Waals surface area contributed by atoms with Gasteiger partial charge in [0.2, 0.25) is 0 Å². The number of benzene rings is 1. The monoisotopic (exact) mass is 339 g/mol. The Kier molecular flexibility index (Phi) is 3.11. The molecule has 0 aromatic heterocycles. The SMILES string of the molecule is CC(=O)c1cc(N)cc(Br)c1I. The van der Waals surface area contributed by atoms with Crippen molar-refractivity contribution >= 4 is 50.0 Å². The molecule has 64 valence electrons. The van der Waals surface area contributed by atoms with Crippen molar-refractivity contribution in [2.45, 2.75) is 6.92 Å². The zero-order chi connectivity index (χ0) is 9.30. The maximum Gasteiger partial charge on any atom is 0.160 e. The fourth-order valence-corrected chi connectivity index (χ4v) is 2.04. The van der Waals surface area contributed by atoms with Crippen LogP contribution in [-0.4, -0.2) is 5.78 Å². The van der Waals surface area contributed by atoms with Crippen molar-refractivity contribution in [3.8, 4) is 0 Å². The molecule has 1 aromatic carbocycles. The molecule has 0 aliphatic heterocycles. The van der Waals surface area contributed by atoms with Crippen LogP contribution in [0.25, 0.3) is 0 Å². The first-order valence-electron chi connectivity index (χ1n) is 3.28. The molecule has 0 saturated heterocycles. The second-order valence-corrected chi connectivity index (χ2v) is 4.35. The Morgan fingerprint density at radius 1 is 1.58 bits per heavy atom. The van der Waals surface area contributed by atoms with E-state index in [-0.39, 0.29) is 5.78 Å². The Balaban J connectivity index is 3.37. The molecule has 0 aliphatic carbocycles. The number of hydrogen-bond acceptors (Lipinski definition) is 2. The number of carbonyl (C=O) groups is 1. The quantitative estimate of drug-likeness (QED) is 0.485. The van der Waals surface area contributed by atoms with Crippen LogP contribution in [0.1, 0.15) is 17.3 Å². The predicted octanol–water partition coefficient (Wildman–Crippen LogP) is 2.84. The van der Waals surface area contributed by atoms with E-state index in [4.69, 9.17) is 5.73 Å². The van der Waals surface area contributed by atoms with Crippen molar-refractivity contribution in [1.29, 1.82) is 0 Å². The number of ketones is 1. The lowest BCUT2D eigenvalue weighted by atomic mass is 10.1. The zero-order valence-corrected chi connectivity index (χ0v) is 10.1. The molecular formula is C8H7BrINO. The molecule has 2 nitrogen and oxygen atoms in total. The van der Waals surface area contributed by atoms with Gasteiger partial charge >= 0.3 is 0 Å². The Morgan fingerprint density at radius 2 is 2.17 bits per heavy atom. The van der Waals surface area contributed by atoms with Gasteiger partial charge in [0.25, 0.3) is 0 Å². The number of anilines is 1. The molecule has 12 heavy (non-hydrogen) atoms. The standard InChI is InChI=1S/C8H7BrINO/c1-4(12)6-2-5(11)3-7(9)8(6)10/h2-3H,11H2,1H3. The maximum atomic E-state index is 11.1. The van der Waals surface area contributed by atoms with Gasteiger partial charge in [-0.05, 0) is 57.6 Å². The molecule has 0 spiro atoms. The number of nitrogen functional groups attached to an aromatic ring is 1. The number of halogens is 2. The molecule has 0 aliphatic rings. The fraction of sp³-hybridized carbons (Fsp3) is 0.125. The van der Waals surface area contributed by atoms with Gasteiger partial charge in [0.05, 0.1) is 0 Å². The van der Waals surface area contributed by atoms with Crippen molar-refractivity contribution in [3.63, 3.8) is 0 Å². The first-order chi connectivity index (χ1) is 5.52. The van der Waals surface area contributed by atoms with Crippen LogP contribution in [0.15, 0.2) is 16.6 Å². The van der Waals surface area contributed by atoms with Gasteiger partial charge in [0, 0.05) is 19.3 Å². The molecule has 0 bridgehead atoms. The highest BCUT2D eigenvalue weighted by Crippen LogP contribution is 2.26. The lowest BCUT2D eigenvalue weighted by Gasteiger charge is -2.03. The van der Waals surface area contributed by atoms with Crippen molar-refractivity contribution in [1.82, 2.24) is 0 Å². The molecule has 0 radical (unpaired) electrons. The summed E-state index contributed by atoms with van der Waals surface area (Å²) in [7, 11) is 0. The molecule has 0 heterocycles. The van der Waals surface area contributed by atoms with Crippen molar-refractivity contribution in [2.24, 2.45) is 0 Å². The lowest BCUT2D eigenvalue weighted by molar-refractivity contribution is 0.101. The zero-order valence-electron chi connectivity index (χ0n) is 6.40. The molecule has 2 N–H and O–H groups in total. The van der Waals surface area contributed by atoms with E-state index in [0.29, 0.717) is 11.3 Å². The minimum Gasteiger partial charge on any atom is -0.399 e. The maximum absolute atomic E-state index is 11.1. The van der Waals surface area contributed by atoms with Crippen LogP contribution in [0.2, 0.25) is 0 Å². The first-order valence-corrected chi connectivity index (χ1v) is 5.15. The third-order valence-corrected chi connectivity index (χ3v) is 3.96. The van der Waals surface area contributed by atoms with Gasteiger partial charge < -0.3 is 5.73 Å². The van der Waals surface area contributed by atoms with Gasteiger partial charge in [-0.3, -0.25) is 4.79 Å².